The quantitative estimate of drug-likeness (QED) is 0.0439. The van der Waals surface area contributed by atoms with Crippen molar-refractivity contribution in [1.82, 2.24) is 25.4 Å². The van der Waals surface area contributed by atoms with Crippen LogP contribution >= 0.6 is 22.7 Å². The number of anilines is 2. The Morgan fingerprint density at radius 1 is 0.923 bits per heavy atom. The molecule has 2 aliphatic heterocycles. The van der Waals surface area contributed by atoms with Gasteiger partial charge in [0.25, 0.3) is 12.3 Å². The number of carbonyl (C=O) groups excluding carboxylic acids is 4. The number of ether oxygens (including phenoxy) is 5. The molecule has 18 nitrogen and oxygen atoms in total. The number of oxazole rings is 1. The number of hydrogen-bond donors (Lipinski definition) is 4. The molecule has 1 saturated carbocycles. The highest BCUT2D eigenvalue weighted by Gasteiger charge is 2.37. The zero-order valence-corrected chi connectivity index (χ0v) is 45.4. The molecule has 2 fully saturated rings. The fourth-order valence-electron chi connectivity index (χ4n) is 10.0. The van der Waals surface area contributed by atoms with E-state index < -0.39 is 54.7 Å². The van der Waals surface area contributed by atoms with Crippen LogP contribution in [-0.2, 0) is 48.1 Å². The minimum absolute atomic E-state index is 0.00123. The van der Waals surface area contributed by atoms with Gasteiger partial charge in [0.05, 0.1) is 76.3 Å². The van der Waals surface area contributed by atoms with E-state index in [-0.39, 0.29) is 63.0 Å². The number of unbranched alkanes of at least 4 members (excludes halogenated alkanes) is 1. The summed E-state index contributed by atoms with van der Waals surface area (Å²) in [6.07, 6.45) is 2.09. The zero-order valence-electron chi connectivity index (χ0n) is 43.8. The molecule has 5 heterocycles. The maximum atomic E-state index is 14.7. The lowest BCUT2D eigenvalue weighted by molar-refractivity contribution is -0.144. The molecule has 0 spiro atoms. The minimum Gasteiger partial charge on any atom is -0.481 e. The number of nitrogens with one attached hydrogen (secondary N) is 3. The van der Waals surface area contributed by atoms with Crippen LogP contribution in [0, 0.1) is 12.8 Å². The van der Waals surface area contributed by atoms with Gasteiger partial charge in [0.15, 0.2) is 17.1 Å². The lowest BCUT2D eigenvalue weighted by Crippen LogP contribution is -2.46. The van der Waals surface area contributed by atoms with Gasteiger partial charge in [0, 0.05) is 27.4 Å². The number of likely N-dealkylation sites (tertiary alicyclic amines) is 1. The molecule has 4 amide bonds. The number of alkyl halides is 1. The topological polar surface area (TPSA) is 220 Å². The maximum absolute atomic E-state index is 14.7. The summed E-state index contributed by atoms with van der Waals surface area (Å²) in [6, 6.07) is 22.0. The summed E-state index contributed by atoms with van der Waals surface area (Å²) in [6.45, 7) is 4.90. The Bertz CT molecular complexity index is 2980. The second kappa shape index (κ2) is 25.9. The number of rotatable bonds is 23. The highest BCUT2D eigenvalue weighted by Crippen LogP contribution is 2.43. The lowest BCUT2D eigenvalue weighted by atomic mass is 9.87. The van der Waals surface area contributed by atoms with Crippen LogP contribution in [-0.4, -0.2) is 101 Å². The van der Waals surface area contributed by atoms with Gasteiger partial charge < -0.3 is 54.1 Å². The molecule has 414 valence electrons. The third kappa shape index (κ3) is 14.5. The smallest absolute Gasteiger partial charge is 0.410 e. The van der Waals surface area contributed by atoms with Crippen molar-refractivity contribution in [2.45, 2.75) is 128 Å². The van der Waals surface area contributed by atoms with E-state index >= 15 is 0 Å². The first-order valence-corrected chi connectivity index (χ1v) is 28.2. The second-order valence-corrected chi connectivity index (χ2v) is 22.1. The molecule has 3 aromatic carbocycles. The Labute approximate surface area is 459 Å². The van der Waals surface area contributed by atoms with Crippen LogP contribution in [0.4, 0.5) is 25.7 Å². The molecule has 0 radical (unpaired) electrons. The van der Waals surface area contributed by atoms with E-state index in [1.165, 1.54) is 7.11 Å². The first kappa shape index (κ1) is 55.5. The second-order valence-electron chi connectivity index (χ2n) is 20.0. The Morgan fingerprint density at radius 2 is 1.68 bits per heavy atom. The van der Waals surface area contributed by atoms with Gasteiger partial charge in [-0.25, -0.2) is 14.0 Å². The molecule has 1 saturated heterocycles. The number of halogens is 1. The summed E-state index contributed by atoms with van der Waals surface area (Å²) in [7, 11) is 1.28. The Balaban J connectivity index is 0.787. The number of benzene rings is 3. The summed E-state index contributed by atoms with van der Waals surface area (Å²) in [5.41, 5.74) is 4.59. The van der Waals surface area contributed by atoms with Crippen molar-refractivity contribution >= 4 is 75.4 Å². The number of carbonyl (C=O) groups is 5. The number of aliphatic carboxylic acids is 1. The van der Waals surface area contributed by atoms with Crippen LogP contribution in [0.25, 0.3) is 11.1 Å². The number of carboxylic acid groups (broad SMARTS) is 1. The molecule has 0 bridgehead atoms. The van der Waals surface area contributed by atoms with Gasteiger partial charge in [-0.3, -0.25) is 19.3 Å². The Morgan fingerprint density at radius 3 is 2.37 bits per heavy atom. The van der Waals surface area contributed by atoms with Crippen molar-refractivity contribution in [3.05, 3.63) is 122 Å². The van der Waals surface area contributed by atoms with Gasteiger partial charge in [0.2, 0.25) is 5.91 Å². The monoisotopic (exact) mass is 1110 g/mol. The van der Waals surface area contributed by atoms with E-state index in [1.54, 1.807) is 68.9 Å². The Hall–Kier alpha value is -7.23. The number of amides is 4. The highest BCUT2D eigenvalue weighted by atomic mass is 32.1. The van der Waals surface area contributed by atoms with Gasteiger partial charge in [-0.2, -0.15) is 4.98 Å². The molecule has 1 aliphatic carbocycles. The molecular formula is C57H65FN6O12S2. The summed E-state index contributed by atoms with van der Waals surface area (Å²) in [5.74, 6) is -1.01. The van der Waals surface area contributed by atoms with Crippen molar-refractivity contribution < 1.29 is 61.6 Å². The van der Waals surface area contributed by atoms with Crippen molar-refractivity contribution in [1.29, 1.82) is 0 Å². The number of carboxylic acids is 1. The number of urea groups is 1. The average molecular weight is 1110 g/mol. The van der Waals surface area contributed by atoms with Crippen molar-refractivity contribution in [2.75, 3.05) is 32.2 Å². The maximum Gasteiger partial charge on any atom is 0.410 e. The number of aryl methyl sites for hydroxylation is 1. The van der Waals surface area contributed by atoms with E-state index in [9.17, 15) is 33.5 Å². The predicted octanol–water partition coefficient (Wildman–Crippen LogP) is 10.9. The molecule has 3 aromatic heterocycles. The third-order valence-electron chi connectivity index (χ3n) is 14.3. The van der Waals surface area contributed by atoms with Crippen molar-refractivity contribution in [3.63, 3.8) is 0 Å². The number of methoxy groups -OCH3 is 1. The number of nitrogens with zero attached hydrogens (tertiary/aromatic N) is 3. The first-order valence-electron chi connectivity index (χ1n) is 26.4. The zero-order chi connectivity index (χ0) is 54.7. The molecule has 4 N–H and O–H groups in total. The summed E-state index contributed by atoms with van der Waals surface area (Å²) in [5, 5.41) is 22.4. The molecule has 3 aliphatic rings. The Kier molecular flexibility index (Phi) is 18.5. The van der Waals surface area contributed by atoms with Gasteiger partial charge in [-0.05, 0) is 121 Å². The molecule has 6 aromatic rings. The third-order valence-corrected chi connectivity index (χ3v) is 16.0. The summed E-state index contributed by atoms with van der Waals surface area (Å²) < 4.78 is 50.3. The predicted molar refractivity (Wildman–Crippen MR) is 291 cm³/mol. The van der Waals surface area contributed by atoms with Gasteiger partial charge >= 0.3 is 24.1 Å². The fourth-order valence-corrected chi connectivity index (χ4v) is 11.5. The molecule has 1 unspecified atom stereocenters. The summed E-state index contributed by atoms with van der Waals surface area (Å²) in [4.78, 5) is 74.7. The fraction of sp³-hybridized carbons (Fsp3) is 0.439. The SMILES string of the molecule is CCCC[C@@H](COC(=O)N(Cc1cccs1)Cc1cccs1)NC(=O)N[C@@H](CC(=O)OC)c1ccc2c(c1)OC(c1ccc(Nc3nc4ccc(CC(=O)N5C[C@@H](F)C[C@H]5CO[C@H]5CC[C@H](C(=O)O)CC5)cc4o3)c(C)c1)O2. The van der Waals surface area contributed by atoms with E-state index in [2.05, 4.69) is 20.9 Å². The van der Waals surface area contributed by atoms with E-state index in [0.29, 0.717) is 84.6 Å². The van der Waals surface area contributed by atoms with Crippen LogP contribution < -0.4 is 25.4 Å². The van der Waals surface area contributed by atoms with Crippen LogP contribution in [0.3, 0.4) is 0 Å². The van der Waals surface area contributed by atoms with E-state index in [0.717, 1.165) is 33.7 Å². The number of esters is 1. The number of fused-ring (bicyclic) bond motifs is 2. The molecule has 9 rings (SSSR count). The van der Waals surface area contributed by atoms with Gasteiger partial charge in [0.1, 0.15) is 18.3 Å². The van der Waals surface area contributed by atoms with Gasteiger partial charge in [-0.1, -0.05) is 44.0 Å². The van der Waals surface area contributed by atoms with Crippen LogP contribution in [0.5, 0.6) is 11.5 Å². The molecule has 5 atom stereocenters. The van der Waals surface area contributed by atoms with E-state index in [1.807, 2.05) is 67.1 Å². The minimum atomic E-state index is -1.15. The molecule has 21 heteroatoms. The largest absolute Gasteiger partial charge is 0.481 e. The normalized spacial score (nSPS) is 19.5. The number of thiophene rings is 2. The molecular weight excluding hydrogens is 1040 g/mol. The standard InChI is InChI=1S/C57H65FN6O12S2/c1-4-5-8-40(32-73-57(70)63(30-43-9-6-21-77-43)31-44-10-7-22-78-44)59-55(69)60-47(28-52(66)71-3)37-15-20-48-50(26-37)75-54(74-48)38-14-19-45(34(2)23-38)61-56-62-46-18-11-35(24-49(46)76-56)25-51(65)64-29-39(58)27-41(64)33-72-42-16-12-36(13-17-42)53(67)68/h6-7,9-11,14-15,18-24,26,36,39-42,47,54H,4-5,8,12-13,16-17,25,27-33H2,1-3H3,(H,61,62)(H,67,68)(H2,59,60,69)/t36-,39-,40-,41-,42-,47-,54?/m0/s1. The number of aromatic nitrogens is 1. The highest BCUT2D eigenvalue weighted by molar-refractivity contribution is 7.10. The first-order chi connectivity index (χ1) is 37.8. The van der Waals surface area contributed by atoms with Crippen LogP contribution in [0.1, 0.15) is 109 Å². The summed E-state index contributed by atoms with van der Waals surface area (Å²) >= 11 is 3.12. The molecule has 78 heavy (non-hydrogen) atoms. The average Bonchev–Trinajstić information content (AvgIpc) is 4.35. The van der Waals surface area contributed by atoms with Crippen molar-refractivity contribution in [3.8, 4) is 11.5 Å². The van der Waals surface area contributed by atoms with Crippen LogP contribution in [0.15, 0.2) is 94.0 Å². The number of hydrogen-bond acceptors (Lipinski definition) is 15. The van der Waals surface area contributed by atoms with Crippen molar-refractivity contribution in [2.24, 2.45) is 5.92 Å². The van der Waals surface area contributed by atoms with Gasteiger partial charge in [-0.15, -0.1) is 22.7 Å². The van der Waals surface area contributed by atoms with E-state index in [4.69, 9.17) is 28.1 Å². The van der Waals surface area contributed by atoms with Crippen LogP contribution in [0.2, 0.25) is 0 Å². The lowest BCUT2D eigenvalue weighted by Gasteiger charge is -2.29.